The Morgan fingerprint density at radius 1 is 1.53 bits per heavy atom. The minimum Gasteiger partial charge on any atom is -0.384 e. The number of nitrogens with two attached hydrogens (primary N) is 1. The van der Waals surface area contributed by atoms with Crippen molar-refractivity contribution >= 4 is 11.6 Å². The zero-order chi connectivity index (χ0) is 12.3. The van der Waals surface area contributed by atoms with Gasteiger partial charge in [0.15, 0.2) is 0 Å². The molecule has 2 N–H and O–H groups in total. The van der Waals surface area contributed by atoms with Crippen LogP contribution in [-0.4, -0.2) is 36.3 Å². The molecule has 5 heteroatoms. The minimum atomic E-state index is 0.296. The maximum absolute atomic E-state index is 5.80. The molecule has 0 aromatic carbocycles. The molecule has 94 valence electrons. The van der Waals surface area contributed by atoms with Crippen molar-refractivity contribution in [1.82, 2.24) is 9.97 Å². The molecule has 0 amide bonds. The predicted octanol–water partition coefficient (Wildman–Crippen LogP) is 1.24. The number of hydrogen-bond acceptors (Lipinski definition) is 5. The summed E-state index contributed by atoms with van der Waals surface area (Å²) in [6.45, 7) is 3.93. The SMILES string of the molecule is CCc1nc(N)cc(N2CCCC(OC)C2)n1. The van der Waals surface area contributed by atoms with Crippen LogP contribution >= 0.6 is 0 Å². The fraction of sp³-hybridized carbons (Fsp3) is 0.667. The second kappa shape index (κ2) is 5.31. The smallest absolute Gasteiger partial charge is 0.134 e. The summed E-state index contributed by atoms with van der Waals surface area (Å²) in [4.78, 5) is 10.9. The zero-order valence-corrected chi connectivity index (χ0v) is 10.5. The third kappa shape index (κ3) is 2.85. The average molecular weight is 236 g/mol. The highest BCUT2D eigenvalue weighted by Crippen LogP contribution is 2.20. The molecule has 17 heavy (non-hydrogen) atoms. The number of ether oxygens (including phenoxy) is 1. The first-order valence-electron chi connectivity index (χ1n) is 6.14. The van der Waals surface area contributed by atoms with Crippen LogP contribution in [-0.2, 0) is 11.2 Å². The van der Waals surface area contributed by atoms with E-state index in [0.29, 0.717) is 11.9 Å². The monoisotopic (exact) mass is 236 g/mol. The normalized spacial score (nSPS) is 20.6. The van der Waals surface area contributed by atoms with E-state index in [1.54, 1.807) is 7.11 Å². The summed E-state index contributed by atoms with van der Waals surface area (Å²) < 4.78 is 5.41. The quantitative estimate of drug-likeness (QED) is 0.855. The van der Waals surface area contributed by atoms with Crippen LogP contribution in [0.5, 0.6) is 0 Å². The Bertz CT molecular complexity index is 383. The summed E-state index contributed by atoms with van der Waals surface area (Å²) in [5.74, 6) is 2.28. The van der Waals surface area contributed by atoms with Crippen LogP contribution < -0.4 is 10.6 Å². The molecule has 0 radical (unpaired) electrons. The molecule has 0 saturated carbocycles. The van der Waals surface area contributed by atoms with Crippen molar-refractivity contribution in [3.63, 3.8) is 0 Å². The van der Waals surface area contributed by atoms with Gasteiger partial charge in [-0.25, -0.2) is 9.97 Å². The molecule has 0 spiro atoms. The van der Waals surface area contributed by atoms with E-state index in [2.05, 4.69) is 14.9 Å². The topological polar surface area (TPSA) is 64.3 Å². The number of aromatic nitrogens is 2. The van der Waals surface area contributed by atoms with Crippen molar-refractivity contribution < 1.29 is 4.74 Å². The number of nitrogen functional groups attached to an aromatic ring is 1. The van der Waals surface area contributed by atoms with E-state index in [1.807, 2.05) is 13.0 Å². The summed E-state index contributed by atoms with van der Waals surface area (Å²) in [5.41, 5.74) is 5.80. The summed E-state index contributed by atoms with van der Waals surface area (Å²) in [6.07, 6.45) is 3.35. The zero-order valence-electron chi connectivity index (χ0n) is 10.5. The molecule has 5 nitrogen and oxygen atoms in total. The van der Waals surface area contributed by atoms with Crippen LogP contribution in [0.1, 0.15) is 25.6 Å². The van der Waals surface area contributed by atoms with Gasteiger partial charge in [-0.3, -0.25) is 0 Å². The van der Waals surface area contributed by atoms with Crippen molar-refractivity contribution in [2.24, 2.45) is 0 Å². The van der Waals surface area contributed by atoms with Crippen LogP contribution in [0, 0.1) is 0 Å². The molecule has 1 saturated heterocycles. The van der Waals surface area contributed by atoms with Gasteiger partial charge in [-0.05, 0) is 12.8 Å². The Morgan fingerprint density at radius 3 is 3.06 bits per heavy atom. The Labute approximate surface area is 102 Å². The lowest BCUT2D eigenvalue weighted by Gasteiger charge is -2.32. The molecule has 1 aromatic rings. The first-order chi connectivity index (χ1) is 8.22. The van der Waals surface area contributed by atoms with Crippen LogP contribution in [0.3, 0.4) is 0 Å². The Balaban J connectivity index is 2.18. The van der Waals surface area contributed by atoms with Gasteiger partial charge in [-0.15, -0.1) is 0 Å². The molecular weight excluding hydrogens is 216 g/mol. The first-order valence-corrected chi connectivity index (χ1v) is 6.14. The number of nitrogens with zero attached hydrogens (tertiary/aromatic N) is 3. The number of rotatable bonds is 3. The Morgan fingerprint density at radius 2 is 2.35 bits per heavy atom. The fourth-order valence-corrected chi connectivity index (χ4v) is 2.16. The number of hydrogen-bond donors (Lipinski definition) is 1. The lowest BCUT2D eigenvalue weighted by Crippen LogP contribution is -2.39. The van der Waals surface area contributed by atoms with Gasteiger partial charge < -0.3 is 15.4 Å². The lowest BCUT2D eigenvalue weighted by atomic mass is 10.1. The summed E-state index contributed by atoms with van der Waals surface area (Å²) >= 11 is 0. The highest BCUT2D eigenvalue weighted by atomic mass is 16.5. The van der Waals surface area contributed by atoms with Crippen LogP contribution in [0.4, 0.5) is 11.6 Å². The van der Waals surface area contributed by atoms with E-state index in [1.165, 1.54) is 0 Å². The molecular formula is C12H20N4O. The first kappa shape index (κ1) is 12.1. The maximum atomic E-state index is 5.80. The highest BCUT2D eigenvalue weighted by Gasteiger charge is 2.21. The summed E-state index contributed by atoms with van der Waals surface area (Å²) in [5, 5.41) is 0. The van der Waals surface area contributed by atoms with E-state index in [9.17, 15) is 0 Å². The van der Waals surface area contributed by atoms with Gasteiger partial charge in [-0.2, -0.15) is 0 Å². The van der Waals surface area contributed by atoms with Gasteiger partial charge in [0.1, 0.15) is 17.5 Å². The minimum absolute atomic E-state index is 0.296. The van der Waals surface area contributed by atoms with E-state index in [0.717, 1.165) is 44.0 Å². The van der Waals surface area contributed by atoms with E-state index >= 15 is 0 Å². The molecule has 2 rings (SSSR count). The molecule has 0 bridgehead atoms. The van der Waals surface area contributed by atoms with Gasteiger partial charge in [0.05, 0.1) is 6.10 Å². The summed E-state index contributed by atoms with van der Waals surface area (Å²) in [6, 6.07) is 1.84. The number of anilines is 2. The van der Waals surface area contributed by atoms with Gasteiger partial charge in [-0.1, -0.05) is 6.92 Å². The molecule has 1 unspecified atom stereocenters. The van der Waals surface area contributed by atoms with Crippen molar-refractivity contribution in [2.45, 2.75) is 32.3 Å². The third-order valence-electron chi connectivity index (χ3n) is 3.13. The number of methoxy groups -OCH3 is 1. The van der Waals surface area contributed by atoms with Gasteiger partial charge in [0, 0.05) is 32.7 Å². The number of aryl methyl sites for hydroxylation is 1. The van der Waals surface area contributed by atoms with E-state index in [-0.39, 0.29) is 0 Å². The van der Waals surface area contributed by atoms with Gasteiger partial charge in [0.25, 0.3) is 0 Å². The Hall–Kier alpha value is -1.36. The van der Waals surface area contributed by atoms with E-state index in [4.69, 9.17) is 10.5 Å². The van der Waals surface area contributed by atoms with Crippen LogP contribution in [0.25, 0.3) is 0 Å². The third-order valence-corrected chi connectivity index (χ3v) is 3.13. The molecule has 1 fully saturated rings. The largest absolute Gasteiger partial charge is 0.384 e. The van der Waals surface area contributed by atoms with Gasteiger partial charge in [0.2, 0.25) is 0 Å². The number of piperidine rings is 1. The van der Waals surface area contributed by atoms with E-state index < -0.39 is 0 Å². The van der Waals surface area contributed by atoms with Crippen molar-refractivity contribution in [3.05, 3.63) is 11.9 Å². The van der Waals surface area contributed by atoms with Crippen LogP contribution in [0.15, 0.2) is 6.07 Å². The van der Waals surface area contributed by atoms with Crippen molar-refractivity contribution in [3.8, 4) is 0 Å². The Kier molecular flexibility index (Phi) is 3.78. The predicted molar refractivity (Wildman–Crippen MR) is 68.1 cm³/mol. The second-order valence-electron chi connectivity index (χ2n) is 4.37. The second-order valence-corrected chi connectivity index (χ2v) is 4.37. The summed E-state index contributed by atoms with van der Waals surface area (Å²) in [7, 11) is 1.76. The molecule has 0 aliphatic carbocycles. The van der Waals surface area contributed by atoms with Gasteiger partial charge >= 0.3 is 0 Å². The molecule has 1 aliphatic heterocycles. The van der Waals surface area contributed by atoms with Crippen LogP contribution in [0.2, 0.25) is 0 Å². The molecule has 1 aromatic heterocycles. The lowest BCUT2D eigenvalue weighted by molar-refractivity contribution is 0.0891. The maximum Gasteiger partial charge on any atom is 0.134 e. The standard InChI is InChI=1S/C12H20N4O/c1-3-11-14-10(13)7-12(15-11)16-6-4-5-9(8-16)17-2/h7,9H,3-6,8H2,1-2H3,(H2,13,14,15). The fourth-order valence-electron chi connectivity index (χ4n) is 2.16. The molecule has 1 atom stereocenters. The highest BCUT2D eigenvalue weighted by molar-refractivity contribution is 5.47. The van der Waals surface area contributed by atoms with Crippen molar-refractivity contribution in [1.29, 1.82) is 0 Å². The van der Waals surface area contributed by atoms with Crippen molar-refractivity contribution in [2.75, 3.05) is 30.8 Å². The average Bonchev–Trinajstić information content (AvgIpc) is 2.38. The molecule has 1 aliphatic rings. The molecule has 2 heterocycles.